The van der Waals surface area contributed by atoms with Crippen molar-refractivity contribution in [3.05, 3.63) is 16.3 Å². The molecule has 1 aromatic rings. The van der Waals surface area contributed by atoms with Crippen molar-refractivity contribution in [2.24, 2.45) is 5.92 Å². The lowest BCUT2D eigenvalue weighted by Gasteiger charge is -2.31. The summed E-state index contributed by atoms with van der Waals surface area (Å²) < 4.78 is 4.73. The summed E-state index contributed by atoms with van der Waals surface area (Å²) in [5.41, 5.74) is 0.472. The summed E-state index contributed by atoms with van der Waals surface area (Å²) in [4.78, 5) is 38.9. The second-order valence-electron chi connectivity index (χ2n) is 7.13. The van der Waals surface area contributed by atoms with Crippen LogP contribution < -0.4 is 10.6 Å². The summed E-state index contributed by atoms with van der Waals surface area (Å²) >= 11 is 1.23. The molecule has 28 heavy (non-hydrogen) atoms. The summed E-state index contributed by atoms with van der Waals surface area (Å²) in [7, 11) is 1.32. The fourth-order valence-electron chi connectivity index (χ4n) is 3.37. The summed E-state index contributed by atoms with van der Waals surface area (Å²) in [6.45, 7) is 4.48. The first kappa shape index (κ1) is 22.4. The van der Waals surface area contributed by atoms with E-state index in [4.69, 9.17) is 4.74 Å². The average molecular weight is 410 g/mol. The molecule has 2 amide bonds. The van der Waals surface area contributed by atoms with Gasteiger partial charge in [-0.1, -0.05) is 26.2 Å². The Morgan fingerprint density at radius 2 is 2.11 bits per heavy atom. The number of hydrogen-bond acceptors (Lipinski definition) is 6. The van der Waals surface area contributed by atoms with Gasteiger partial charge in [-0.25, -0.2) is 4.79 Å². The number of unbranched alkanes of at least 4 members (excludes halogenated alkanes) is 3. The molecule has 1 unspecified atom stereocenters. The van der Waals surface area contributed by atoms with Crippen LogP contribution in [0.4, 0.5) is 5.69 Å². The van der Waals surface area contributed by atoms with Crippen LogP contribution in [-0.2, 0) is 14.3 Å². The molecule has 8 heteroatoms. The first-order valence-electron chi connectivity index (χ1n) is 10.0. The zero-order chi connectivity index (χ0) is 20.4. The number of esters is 1. The molecular weight excluding hydrogens is 378 g/mol. The number of rotatable bonds is 10. The van der Waals surface area contributed by atoms with Gasteiger partial charge in [0.2, 0.25) is 11.8 Å². The number of thiophene rings is 1. The van der Waals surface area contributed by atoms with Gasteiger partial charge in [-0.15, -0.1) is 11.3 Å². The number of likely N-dealkylation sites (tertiary alicyclic amines) is 1. The van der Waals surface area contributed by atoms with Crippen LogP contribution in [0.3, 0.4) is 0 Å². The Hall–Kier alpha value is -1.93. The normalized spacial score (nSPS) is 17.1. The van der Waals surface area contributed by atoms with E-state index < -0.39 is 5.97 Å². The fraction of sp³-hybridized carbons (Fsp3) is 0.650. The number of carbonyl (C=O) groups excluding carboxylic acids is 3. The van der Waals surface area contributed by atoms with Crippen molar-refractivity contribution in [2.45, 2.75) is 45.4 Å². The van der Waals surface area contributed by atoms with Gasteiger partial charge in [0.25, 0.3) is 0 Å². The molecule has 1 atom stereocenters. The van der Waals surface area contributed by atoms with Gasteiger partial charge in [0.1, 0.15) is 4.88 Å². The van der Waals surface area contributed by atoms with Crippen LogP contribution in [0.15, 0.2) is 11.4 Å². The zero-order valence-corrected chi connectivity index (χ0v) is 17.6. The summed E-state index contributed by atoms with van der Waals surface area (Å²) in [6.07, 6.45) is 6.29. The number of nitrogens with zero attached hydrogens (tertiary/aromatic N) is 1. The quantitative estimate of drug-likeness (QED) is 0.458. The van der Waals surface area contributed by atoms with Gasteiger partial charge in [-0.2, -0.15) is 0 Å². The van der Waals surface area contributed by atoms with Crippen LogP contribution in [0.1, 0.15) is 55.1 Å². The molecule has 2 N–H and O–H groups in total. The minimum atomic E-state index is -0.459. The minimum Gasteiger partial charge on any atom is -0.465 e. The van der Waals surface area contributed by atoms with E-state index in [-0.39, 0.29) is 24.3 Å². The van der Waals surface area contributed by atoms with Gasteiger partial charge in [0, 0.05) is 13.1 Å². The molecular formula is C20H31N3O4S. The minimum absolute atomic E-state index is 0.0699. The molecule has 7 nitrogen and oxygen atoms in total. The molecule has 1 saturated heterocycles. The number of methoxy groups -OCH3 is 1. The molecule has 1 aliphatic heterocycles. The maximum Gasteiger partial charge on any atom is 0.350 e. The number of piperidine rings is 1. The molecule has 1 aromatic heterocycles. The number of amides is 2. The monoisotopic (exact) mass is 409 g/mol. The largest absolute Gasteiger partial charge is 0.465 e. The molecule has 1 fully saturated rings. The number of nitrogens with one attached hydrogen (secondary N) is 2. The van der Waals surface area contributed by atoms with Crippen LogP contribution in [0.5, 0.6) is 0 Å². The molecule has 0 aliphatic carbocycles. The molecule has 0 spiro atoms. The second-order valence-corrected chi connectivity index (χ2v) is 8.05. The molecule has 156 valence electrons. The molecule has 0 bridgehead atoms. The van der Waals surface area contributed by atoms with E-state index in [1.807, 2.05) is 4.90 Å². The fourth-order valence-corrected chi connectivity index (χ4v) is 4.14. The summed E-state index contributed by atoms with van der Waals surface area (Å²) in [6, 6.07) is 1.69. The van der Waals surface area contributed by atoms with Crippen molar-refractivity contribution >= 4 is 34.8 Å². The Morgan fingerprint density at radius 3 is 2.86 bits per heavy atom. The van der Waals surface area contributed by atoms with Crippen LogP contribution in [0.25, 0.3) is 0 Å². The lowest BCUT2D eigenvalue weighted by atomic mass is 9.97. The summed E-state index contributed by atoms with van der Waals surface area (Å²) in [5, 5.41) is 7.55. The third-order valence-electron chi connectivity index (χ3n) is 4.88. The van der Waals surface area contributed by atoms with Crippen molar-refractivity contribution in [2.75, 3.05) is 38.6 Å². The highest BCUT2D eigenvalue weighted by Crippen LogP contribution is 2.23. The standard InChI is InChI=1S/C20H31N3O4S/c1-3-4-5-6-10-21-19(25)15-8-7-11-23(13-15)14-17(24)22-16-9-12-28-18(16)20(26)27-2/h9,12,15H,3-8,10-11,13-14H2,1-2H3,(H,21,25)(H,22,24). The lowest BCUT2D eigenvalue weighted by Crippen LogP contribution is -2.45. The van der Waals surface area contributed by atoms with Crippen molar-refractivity contribution < 1.29 is 19.1 Å². The van der Waals surface area contributed by atoms with E-state index in [9.17, 15) is 14.4 Å². The van der Waals surface area contributed by atoms with E-state index in [2.05, 4.69) is 17.6 Å². The van der Waals surface area contributed by atoms with Crippen molar-refractivity contribution in [3.63, 3.8) is 0 Å². The number of anilines is 1. The molecule has 2 heterocycles. The number of carbonyl (C=O) groups is 3. The topological polar surface area (TPSA) is 87.7 Å². The number of hydrogen-bond donors (Lipinski definition) is 2. The maximum absolute atomic E-state index is 12.4. The van der Waals surface area contributed by atoms with Gasteiger partial charge in [0.15, 0.2) is 0 Å². The van der Waals surface area contributed by atoms with Crippen molar-refractivity contribution in [1.82, 2.24) is 10.2 Å². The average Bonchev–Trinajstić information content (AvgIpc) is 3.15. The third-order valence-corrected chi connectivity index (χ3v) is 5.78. The summed E-state index contributed by atoms with van der Waals surface area (Å²) in [5.74, 6) is -0.630. The number of ether oxygens (including phenoxy) is 1. The van der Waals surface area contributed by atoms with Gasteiger partial charge in [-0.05, 0) is 37.3 Å². The lowest BCUT2D eigenvalue weighted by molar-refractivity contribution is -0.128. The molecule has 2 rings (SSSR count). The van der Waals surface area contributed by atoms with Crippen LogP contribution in [0, 0.1) is 5.92 Å². The van der Waals surface area contributed by atoms with E-state index >= 15 is 0 Å². The Labute approximate surface area is 170 Å². The molecule has 1 aliphatic rings. The highest BCUT2D eigenvalue weighted by atomic mass is 32.1. The van der Waals surface area contributed by atoms with E-state index in [1.165, 1.54) is 31.3 Å². The van der Waals surface area contributed by atoms with Crippen LogP contribution >= 0.6 is 11.3 Å². The SMILES string of the molecule is CCCCCCNC(=O)C1CCCN(CC(=O)Nc2ccsc2C(=O)OC)C1. The Kier molecular flexibility index (Phi) is 9.43. The predicted octanol–water partition coefficient (Wildman–Crippen LogP) is 2.88. The van der Waals surface area contributed by atoms with E-state index in [0.29, 0.717) is 17.1 Å². The van der Waals surface area contributed by atoms with E-state index in [1.54, 1.807) is 11.4 Å². The zero-order valence-electron chi connectivity index (χ0n) is 16.8. The first-order chi connectivity index (χ1) is 13.5. The Morgan fingerprint density at radius 1 is 1.29 bits per heavy atom. The second kappa shape index (κ2) is 11.8. The third kappa shape index (κ3) is 6.91. The molecule has 0 aromatic carbocycles. The highest BCUT2D eigenvalue weighted by Gasteiger charge is 2.27. The first-order valence-corrected chi connectivity index (χ1v) is 10.9. The highest BCUT2D eigenvalue weighted by molar-refractivity contribution is 7.12. The molecule has 0 radical (unpaired) electrons. The van der Waals surface area contributed by atoms with Gasteiger partial charge < -0.3 is 15.4 Å². The smallest absolute Gasteiger partial charge is 0.350 e. The Bertz CT molecular complexity index is 662. The molecule has 0 saturated carbocycles. The van der Waals surface area contributed by atoms with Crippen LogP contribution in [0.2, 0.25) is 0 Å². The maximum atomic E-state index is 12.4. The van der Waals surface area contributed by atoms with Crippen molar-refractivity contribution in [3.8, 4) is 0 Å². The van der Waals surface area contributed by atoms with Crippen LogP contribution in [-0.4, -0.2) is 56.0 Å². The van der Waals surface area contributed by atoms with Crippen molar-refractivity contribution in [1.29, 1.82) is 0 Å². The van der Waals surface area contributed by atoms with Gasteiger partial charge in [0.05, 0.1) is 25.3 Å². The predicted molar refractivity (Wildman–Crippen MR) is 111 cm³/mol. The van der Waals surface area contributed by atoms with Gasteiger partial charge >= 0.3 is 5.97 Å². The van der Waals surface area contributed by atoms with Gasteiger partial charge in [-0.3, -0.25) is 14.5 Å². The van der Waals surface area contributed by atoms with E-state index in [0.717, 1.165) is 38.8 Å². The Balaban J connectivity index is 1.78.